The molecule has 6 rings (SSSR count). The van der Waals surface area contributed by atoms with E-state index in [1.807, 2.05) is 0 Å². The van der Waals surface area contributed by atoms with Crippen molar-refractivity contribution in [2.75, 3.05) is 0 Å². The minimum atomic E-state index is -0.891. The zero-order chi connectivity index (χ0) is 22.2. The fraction of sp³-hybridized carbons (Fsp3) is 0.344. The van der Waals surface area contributed by atoms with Gasteiger partial charge in [-0.3, -0.25) is 0 Å². The van der Waals surface area contributed by atoms with Crippen LogP contribution in [0.1, 0.15) is 43.7 Å². The van der Waals surface area contributed by atoms with Crippen LogP contribution in [0.4, 0.5) is 0 Å². The van der Waals surface area contributed by atoms with Crippen molar-refractivity contribution >= 4 is 3.21 Å². The standard InChI is InChI=1S/C19H23.C13H10.2ClH.Zr/c1-13-6-4-9-15(13)17-10-5-11-18-16-8-3-2-7-14(16)12-19(17)18;1-3-7-12(8-4-1)11-13-9-5-2-6-10-13;;;/h2-4,6-8,12,14,16-19H,5,9-11H2,1H3;1-10H;2*1H;/q;;;;+2/p-2. The van der Waals surface area contributed by atoms with Crippen LogP contribution in [0.15, 0.2) is 108 Å². The summed E-state index contributed by atoms with van der Waals surface area (Å²) < 4.78 is 2.57. The molecule has 0 radical (unpaired) electrons. The first-order valence-electron chi connectivity index (χ1n) is 12.8. The van der Waals surface area contributed by atoms with Crippen LogP contribution >= 0.6 is 0 Å². The molecule has 4 aliphatic carbocycles. The number of rotatable bonds is 4. The van der Waals surface area contributed by atoms with E-state index in [4.69, 9.17) is 0 Å². The summed E-state index contributed by atoms with van der Waals surface area (Å²) in [5.41, 5.74) is 6.29. The van der Waals surface area contributed by atoms with Crippen molar-refractivity contribution in [3.8, 4) is 0 Å². The van der Waals surface area contributed by atoms with Gasteiger partial charge in [0.2, 0.25) is 0 Å². The van der Waals surface area contributed by atoms with Crippen molar-refractivity contribution in [2.45, 2.75) is 36.2 Å². The largest absolute Gasteiger partial charge is 1.00 e. The fourth-order valence-electron chi connectivity index (χ4n) is 7.29. The summed E-state index contributed by atoms with van der Waals surface area (Å²) in [6.45, 7) is 2.37. The van der Waals surface area contributed by atoms with Gasteiger partial charge in [0.05, 0.1) is 0 Å². The second-order valence-electron chi connectivity index (χ2n) is 10.3. The third kappa shape index (κ3) is 5.12. The Morgan fingerprint density at radius 3 is 2.03 bits per heavy atom. The van der Waals surface area contributed by atoms with Gasteiger partial charge in [-0.15, -0.1) is 0 Å². The van der Waals surface area contributed by atoms with E-state index in [2.05, 4.69) is 104 Å². The molecule has 6 unspecified atom stereocenters. The molecule has 0 amide bonds. The minimum Gasteiger partial charge on any atom is -1.00 e. The zero-order valence-electron chi connectivity index (χ0n) is 20.3. The monoisotopic (exact) mass is 577 g/mol. The van der Waals surface area contributed by atoms with Crippen LogP contribution in [0.5, 0.6) is 0 Å². The van der Waals surface area contributed by atoms with Gasteiger partial charge in [0.25, 0.3) is 0 Å². The first-order chi connectivity index (χ1) is 16.3. The number of allylic oxidation sites excluding steroid dienone is 8. The van der Waals surface area contributed by atoms with E-state index in [-0.39, 0.29) is 24.8 Å². The fourth-order valence-corrected chi connectivity index (χ4v) is 12.7. The SMILES string of the molecule is CC1=C(C2CCCC3C4C=CC=CC4[CH]([Zr+2]=[C](c4ccccc4)c4ccccc4)C23)CC=C1.[Cl-].[Cl-]. The molecular weight excluding hydrogens is 546 g/mol. The van der Waals surface area contributed by atoms with Gasteiger partial charge in [0.15, 0.2) is 0 Å². The molecule has 2 aromatic carbocycles. The average Bonchev–Trinajstić information content (AvgIpc) is 3.45. The Hall–Kier alpha value is -1.27. The maximum Gasteiger partial charge on any atom is -1.00 e. The molecule has 6 atom stereocenters. The van der Waals surface area contributed by atoms with Crippen LogP contribution in [0, 0.1) is 29.6 Å². The van der Waals surface area contributed by atoms with Crippen molar-refractivity contribution in [1.82, 2.24) is 0 Å². The molecule has 3 heteroatoms. The molecule has 4 aliphatic rings. The topological polar surface area (TPSA) is 0 Å². The molecule has 0 aromatic heterocycles. The van der Waals surface area contributed by atoms with Crippen molar-refractivity contribution in [3.63, 3.8) is 0 Å². The van der Waals surface area contributed by atoms with Crippen LogP contribution in [0.3, 0.4) is 0 Å². The molecule has 0 heterocycles. The molecule has 179 valence electrons. The Morgan fingerprint density at radius 2 is 1.43 bits per heavy atom. The first kappa shape index (κ1) is 26.8. The van der Waals surface area contributed by atoms with Crippen LogP contribution in [0.2, 0.25) is 3.63 Å². The summed E-state index contributed by atoms with van der Waals surface area (Å²) >= 11 is -0.891. The van der Waals surface area contributed by atoms with Gasteiger partial charge in [-0.2, -0.15) is 0 Å². The van der Waals surface area contributed by atoms with E-state index in [1.165, 1.54) is 36.8 Å². The van der Waals surface area contributed by atoms with Crippen LogP contribution in [0.25, 0.3) is 0 Å². The summed E-state index contributed by atoms with van der Waals surface area (Å²) in [6, 6.07) is 22.6. The summed E-state index contributed by atoms with van der Waals surface area (Å²) in [7, 11) is 0. The smallest absolute Gasteiger partial charge is 1.00 e. The summed E-state index contributed by atoms with van der Waals surface area (Å²) in [5.74, 6) is 4.03. The van der Waals surface area contributed by atoms with Crippen LogP contribution in [-0.2, 0) is 22.8 Å². The van der Waals surface area contributed by atoms with Gasteiger partial charge < -0.3 is 24.8 Å². The molecule has 2 fully saturated rings. The first-order valence-corrected chi connectivity index (χ1v) is 15.4. The van der Waals surface area contributed by atoms with Crippen LogP contribution in [-0.4, -0.2) is 3.21 Å². The molecule has 0 saturated heterocycles. The molecule has 0 N–H and O–H groups in total. The van der Waals surface area contributed by atoms with E-state index >= 15 is 0 Å². The Balaban J connectivity index is 0.00000144. The Labute approximate surface area is 234 Å². The van der Waals surface area contributed by atoms with Crippen molar-refractivity contribution in [2.24, 2.45) is 29.6 Å². The summed E-state index contributed by atoms with van der Waals surface area (Å²) in [4.78, 5) is 0. The van der Waals surface area contributed by atoms with E-state index < -0.39 is 22.8 Å². The van der Waals surface area contributed by atoms with Crippen LogP contribution < -0.4 is 24.8 Å². The molecular formula is C32H33Cl2Zr. The van der Waals surface area contributed by atoms with E-state index in [1.54, 1.807) is 14.4 Å². The second kappa shape index (κ2) is 11.9. The van der Waals surface area contributed by atoms with E-state index in [0.717, 1.165) is 33.2 Å². The minimum absolute atomic E-state index is 0. The van der Waals surface area contributed by atoms with Gasteiger partial charge in [-0.05, 0) is 0 Å². The number of fused-ring (bicyclic) bond motifs is 3. The molecule has 0 spiro atoms. The van der Waals surface area contributed by atoms with Crippen molar-refractivity contribution in [1.29, 1.82) is 0 Å². The van der Waals surface area contributed by atoms with Gasteiger partial charge in [-0.1, -0.05) is 0 Å². The van der Waals surface area contributed by atoms with Gasteiger partial charge >= 0.3 is 211 Å². The van der Waals surface area contributed by atoms with Gasteiger partial charge in [0, 0.05) is 0 Å². The molecule has 2 aromatic rings. The average molecular weight is 580 g/mol. The predicted molar refractivity (Wildman–Crippen MR) is 136 cm³/mol. The van der Waals surface area contributed by atoms with Gasteiger partial charge in [-0.25, -0.2) is 0 Å². The number of benzene rings is 2. The Morgan fingerprint density at radius 1 is 0.800 bits per heavy atom. The molecule has 0 bridgehead atoms. The zero-order valence-corrected chi connectivity index (χ0v) is 24.3. The molecule has 0 aliphatic heterocycles. The maximum absolute atomic E-state index is 2.60. The third-order valence-electron chi connectivity index (χ3n) is 8.65. The third-order valence-corrected chi connectivity index (χ3v) is 13.5. The summed E-state index contributed by atoms with van der Waals surface area (Å²) in [6.07, 6.45) is 20.1. The molecule has 2 saturated carbocycles. The molecule has 0 nitrogen and oxygen atoms in total. The maximum atomic E-state index is 2.60. The number of hydrogen-bond donors (Lipinski definition) is 0. The Bertz CT molecular complexity index is 1120. The van der Waals surface area contributed by atoms with Gasteiger partial charge in [0.1, 0.15) is 0 Å². The normalized spacial score (nSPS) is 30.1. The quantitative estimate of drug-likeness (QED) is 0.519. The van der Waals surface area contributed by atoms with E-state index in [9.17, 15) is 0 Å². The predicted octanol–water partition coefficient (Wildman–Crippen LogP) is 1.82. The Kier molecular flexibility index (Phi) is 9.07. The summed E-state index contributed by atoms with van der Waals surface area (Å²) in [5, 5.41) is 0. The number of hydrogen-bond acceptors (Lipinski definition) is 0. The van der Waals surface area contributed by atoms with Crippen molar-refractivity contribution < 1.29 is 47.6 Å². The van der Waals surface area contributed by atoms with Crippen molar-refractivity contribution in [3.05, 3.63) is 119 Å². The number of halogens is 2. The molecule has 35 heavy (non-hydrogen) atoms. The van der Waals surface area contributed by atoms with E-state index in [0.29, 0.717) is 0 Å². The second-order valence-corrected chi connectivity index (χ2v) is 13.9.